The molecule has 0 aromatic carbocycles. The van der Waals surface area contributed by atoms with Crippen LogP contribution in [0.15, 0.2) is 0 Å². The lowest BCUT2D eigenvalue weighted by Crippen LogP contribution is -2.44. The molecule has 0 radical (unpaired) electrons. The van der Waals surface area contributed by atoms with Crippen molar-refractivity contribution in [2.75, 3.05) is 25.9 Å². The van der Waals surface area contributed by atoms with Crippen molar-refractivity contribution in [3.8, 4) is 0 Å². The molecular weight excluding hydrogens is 250 g/mol. The number of rotatable bonds is 6. The summed E-state index contributed by atoms with van der Waals surface area (Å²) in [6, 6.07) is 1.23. The van der Waals surface area contributed by atoms with Crippen LogP contribution in [0.25, 0.3) is 0 Å². The third-order valence-corrected chi connectivity index (χ3v) is 4.81. The van der Waals surface area contributed by atoms with E-state index >= 15 is 0 Å². The minimum atomic E-state index is -3.05. The summed E-state index contributed by atoms with van der Waals surface area (Å²) in [5.74, 6) is 0.728. The first-order chi connectivity index (χ1) is 8.56. The van der Waals surface area contributed by atoms with Gasteiger partial charge >= 0.3 is 0 Å². The van der Waals surface area contributed by atoms with E-state index in [1.54, 1.807) is 0 Å². The topological polar surface area (TPSA) is 70.2 Å². The zero-order valence-corrected chi connectivity index (χ0v) is 11.9. The minimum Gasteiger partial charge on any atom is -0.314 e. The third-order valence-electron chi connectivity index (χ3n) is 4.08. The van der Waals surface area contributed by atoms with Crippen molar-refractivity contribution < 1.29 is 8.42 Å². The van der Waals surface area contributed by atoms with E-state index in [-0.39, 0.29) is 0 Å². The molecule has 3 unspecified atom stereocenters. The van der Waals surface area contributed by atoms with Gasteiger partial charge in [0, 0.05) is 25.2 Å². The minimum absolute atomic E-state index is 0.486. The van der Waals surface area contributed by atoms with Gasteiger partial charge in [0.05, 0.1) is 6.26 Å². The summed E-state index contributed by atoms with van der Waals surface area (Å²) in [5, 5.41) is 7.11. The predicted octanol–water partition coefficient (Wildman–Crippen LogP) is 0.0459. The molecule has 5 nitrogen and oxygen atoms in total. The van der Waals surface area contributed by atoms with Gasteiger partial charge in [-0.05, 0) is 38.1 Å². The van der Waals surface area contributed by atoms with Crippen LogP contribution in [0.3, 0.4) is 0 Å². The summed E-state index contributed by atoms with van der Waals surface area (Å²) >= 11 is 0. The van der Waals surface area contributed by atoms with Gasteiger partial charge in [0.15, 0.2) is 0 Å². The van der Waals surface area contributed by atoms with E-state index < -0.39 is 10.0 Å². The third kappa shape index (κ3) is 4.19. The molecular formula is C12H25N3O2S. The van der Waals surface area contributed by atoms with E-state index in [2.05, 4.69) is 15.4 Å². The largest absolute Gasteiger partial charge is 0.314 e. The fourth-order valence-corrected chi connectivity index (χ4v) is 3.77. The summed E-state index contributed by atoms with van der Waals surface area (Å²) in [7, 11) is -3.05. The Balaban J connectivity index is 1.71. The molecule has 1 saturated heterocycles. The Morgan fingerprint density at radius 3 is 2.67 bits per heavy atom. The molecule has 106 valence electrons. The molecule has 3 atom stereocenters. The summed E-state index contributed by atoms with van der Waals surface area (Å²) in [6.45, 7) is 2.37. The molecule has 0 spiro atoms. The first-order valence-corrected chi connectivity index (χ1v) is 8.87. The van der Waals surface area contributed by atoms with Crippen LogP contribution in [-0.2, 0) is 10.0 Å². The number of sulfonamides is 1. The second kappa shape index (κ2) is 6.32. The van der Waals surface area contributed by atoms with Crippen LogP contribution >= 0.6 is 0 Å². The Morgan fingerprint density at radius 1 is 1.17 bits per heavy atom. The quantitative estimate of drug-likeness (QED) is 0.599. The van der Waals surface area contributed by atoms with Crippen molar-refractivity contribution in [1.82, 2.24) is 15.4 Å². The summed E-state index contributed by atoms with van der Waals surface area (Å²) < 4.78 is 24.4. The fourth-order valence-electron chi connectivity index (χ4n) is 3.29. The molecule has 18 heavy (non-hydrogen) atoms. The molecule has 0 amide bonds. The highest BCUT2D eigenvalue weighted by molar-refractivity contribution is 7.88. The second-order valence-corrected chi connectivity index (χ2v) is 7.36. The number of nitrogens with one attached hydrogen (secondary N) is 3. The second-order valence-electron chi connectivity index (χ2n) is 5.52. The zero-order valence-electron chi connectivity index (χ0n) is 11.1. The first kappa shape index (κ1) is 14.2. The smallest absolute Gasteiger partial charge is 0.208 e. The standard InChI is InChI=1S/C12H25N3O2S/c1-18(16,17)15-9-8-14-11-5-2-4-10(11)12-6-3-7-13-12/h10-15H,2-9H2,1H3. The first-order valence-electron chi connectivity index (χ1n) is 6.98. The Bertz CT molecular complexity index is 352. The SMILES string of the molecule is CS(=O)(=O)NCCNC1CCCC1C1CCCN1. The average molecular weight is 275 g/mol. The monoisotopic (exact) mass is 275 g/mol. The van der Waals surface area contributed by atoms with E-state index in [0.29, 0.717) is 18.6 Å². The number of hydrogen-bond acceptors (Lipinski definition) is 4. The maximum absolute atomic E-state index is 11.0. The molecule has 3 N–H and O–H groups in total. The summed E-state index contributed by atoms with van der Waals surface area (Å²) in [5.41, 5.74) is 0. The van der Waals surface area contributed by atoms with Gasteiger partial charge in [-0.3, -0.25) is 0 Å². The molecule has 6 heteroatoms. The zero-order chi connectivity index (χ0) is 13.0. The van der Waals surface area contributed by atoms with E-state index in [4.69, 9.17) is 0 Å². The van der Waals surface area contributed by atoms with E-state index in [1.807, 2.05) is 0 Å². The van der Waals surface area contributed by atoms with Gasteiger partial charge in [-0.15, -0.1) is 0 Å². The van der Waals surface area contributed by atoms with Crippen LogP contribution in [0.5, 0.6) is 0 Å². The van der Waals surface area contributed by atoms with Crippen LogP contribution in [0.2, 0.25) is 0 Å². The van der Waals surface area contributed by atoms with Crippen molar-refractivity contribution in [3.63, 3.8) is 0 Å². The average Bonchev–Trinajstić information content (AvgIpc) is 2.93. The summed E-state index contributed by atoms with van der Waals surface area (Å²) in [4.78, 5) is 0. The van der Waals surface area contributed by atoms with Crippen LogP contribution in [0, 0.1) is 5.92 Å². The van der Waals surface area contributed by atoms with Gasteiger partial charge in [0.2, 0.25) is 10.0 Å². The highest BCUT2D eigenvalue weighted by atomic mass is 32.2. The highest BCUT2D eigenvalue weighted by Gasteiger charge is 2.34. The molecule has 1 aliphatic heterocycles. The van der Waals surface area contributed by atoms with Gasteiger partial charge in [0.25, 0.3) is 0 Å². The Hall–Kier alpha value is -0.170. The molecule has 1 saturated carbocycles. The van der Waals surface area contributed by atoms with Crippen LogP contribution in [-0.4, -0.2) is 46.4 Å². The van der Waals surface area contributed by atoms with Crippen LogP contribution in [0.4, 0.5) is 0 Å². The van der Waals surface area contributed by atoms with Gasteiger partial charge < -0.3 is 10.6 Å². The van der Waals surface area contributed by atoms with Crippen molar-refractivity contribution in [3.05, 3.63) is 0 Å². The molecule has 1 heterocycles. The van der Waals surface area contributed by atoms with E-state index in [1.165, 1.54) is 38.4 Å². The molecule has 2 rings (SSSR count). The predicted molar refractivity (Wildman–Crippen MR) is 73.0 cm³/mol. The van der Waals surface area contributed by atoms with Crippen molar-refractivity contribution >= 4 is 10.0 Å². The Morgan fingerprint density at radius 2 is 2.00 bits per heavy atom. The maximum Gasteiger partial charge on any atom is 0.208 e. The lowest BCUT2D eigenvalue weighted by molar-refractivity contribution is 0.322. The van der Waals surface area contributed by atoms with Crippen molar-refractivity contribution in [2.45, 2.75) is 44.2 Å². The Kier molecular flexibility index (Phi) is 5.00. The van der Waals surface area contributed by atoms with Crippen LogP contribution in [0.1, 0.15) is 32.1 Å². The Labute approximate surface area is 110 Å². The normalized spacial score (nSPS) is 33.1. The lowest BCUT2D eigenvalue weighted by atomic mass is 9.93. The highest BCUT2D eigenvalue weighted by Crippen LogP contribution is 2.31. The fraction of sp³-hybridized carbons (Fsp3) is 1.00. The van der Waals surface area contributed by atoms with Crippen LogP contribution < -0.4 is 15.4 Å². The van der Waals surface area contributed by atoms with E-state index in [9.17, 15) is 8.42 Å². The number of hydrogen-bond donors (Lipinski definition) is 3. The van der Waals surface area contributed by atoms with Gasteiger partial charge in [-0.25, -0.2) is 13.1 Å². The molecule has 2 aliphatic rings. The molecule has 2 fully saturated rings. The van der Waals surface area contributed by atoms with Gasteiger partial charge in [-0.1, -0.05) is 6.42 Å². The molecule has 1 aliphatic carbocycles. The lowest BCUT2D eigenvalue weighted by Gasteiger charge is -2.26. The van der Waals surface area contributed by atoms with Crippen molar-refractivity contribution in [2.24, 2.45) is 5.92 Å². The summed E-state index contributed by atoms with van der Waals surface area (Å²) in [6.07, 6.45) is 7.61. The molecule has 0 aromatic heterocycles. The van der Waals surface area contributed by atoms with Crippen molar-refractivity contribution in [1.29, 1.82) is 0 Å². The van der Waals surface area contributed by atoms with Gasteiger partial charge in [0.1, 0.15) is 0 Å². The van der Waals surface area contributed by atoms with Gasteiger partial charge in [-0.2, -0.15) is 0 Å². The molecule has 0 bridgehead atoms. The molecule has 0 aromatic rings. The van der Waals surface area contributed by atoms with E-state index in [0.717, 1.165) is 19.0 Å². The maximum atomic E-state index is 11.0.